The largest absolute Gasteiger partial charge is 0.391 e. The van der Waals surface area contributed by atoms with E-state index in [0.29, 0.717) is 35.5 Å². The molecule has 9 heteroatoms. The van der Waals surface area contributed by atoms with Gasteiger partial charge in [0.15, 0.2) is 0 Å². The molecular weight excluding hydrogens is 347 g/mol. The highest BCUT2D eigenvalue weighted by atomic mass is 19.4. The molecule has 2 aromatic rings. The van der Waals surface area contributed by atoms with Gasteiger partial charge in [-0.05, 0) is 32.6 Å². The Morgan fingerprint density at radius 1 is 1.19 bits per heavy atom. The third kappa shape index (κ3) is 3.59. The lowest BCUT2D eigenvalue weighted by atomic mass is 9.81. The average molecular weight is 363 g/mol. The number of aryl methyl sites for hydroxylation is 1. The molecule has 0 radical (unpaired) electrons. The van der Waals surface area contributed by atoms with Crippen molar-refractivity contribution in [2.24, 2.45) is 5.92 Å². The fourth-order valence-corrected chi connectivity index (χ4v) is 3.35. The highest BCUT2D eigenvalue weighted by Crippen LogP contribution is 2.42. The molecule has 0 bridgehead atoms. The Balaban J connectivity index is 1.84. The summed E-state index contributed by atoms with van der Waals surface area (Å²) in [6.07, 6.45) is -0.652. The van der Waals surface area contributed by atoms with Gasteiger partial charge in [0.05, 0.1) is 17.2 Å². The topological polar surface area (TPSA) is 95.3 Å². The van der Waals surface area contributed by atoms with E-state index in [1.54, 1.807) is 13.0 Å². The van der Waals surface area contributed by atoms with Gasteiger partial charge >= 0.3 is 6.18 Å². The fourth-order valence-electron chi connectivity index (χ4n) is 3.35. The molecule has 0 aromatic carbocycles. The van der Waals surface area contributed by atoms with Crippen LogP contribution in [0.15, 0.2) is 17.2 Å². The zero-order chi connectivity index (χ0) is 18.9. The van der Waals surface area contributed by atoms with Gasteiger partial charge in [0.25, 0.3) is 5.56 Å². The number of alkyl halides is 3. The highest BCUT2D eigenvalue weighted by Gasteiger charge is 2.42. The van der Waals surface area contributed by atoms with Crippen LogP contribution in [0.3, 0.4) is 0 Å². The Labute approximate surface area is 147 Å². The number of aromatic amines is 1. The van der Waals surface area contributed by atoms with Gasteiger partial charge in [-0.1, -0.05) is 0 Å². The van der Waals surface area contributed by atoms with Crippen LogP contribution in [0.4, 0.5) is 13.2 Å². The molecule has 3 rings (SSSR count). The molecule has 1 saturated carbocycles. The van der Waals surface area contributed by atoms with Crippen molar-refractivity contribution in [3.8, 4) is 17.2 Å². The Morgan fingerprint density at radius 3 is 2.31 bits per heavy atom. The van der Waals surface area contributed by atoms with Gasteiger partial charge in [0, 0.05) is 23.9 Å². The van der Waals surface area contributed by atoms with Crippen molar-refractivity contribution >= 4 is 0 Å². The number of aromatic nitrogens is 4. The van der Waals surface area contributed by atoms with Crippen LogP contribution in [0.2, 0.25) is 0 Å². The molecule has 6 nitrogen and oxygen atoms in total. The van der Waals surface area contributed by atoms with E-state index in [4.69, 9.17) is 5.26 Å². The molecule has 26 heavy (non-hydrogen) atoms. The third-order valence-electron chi connectivity index (χ3n) is 4.74. The number of halogens is 3. The monoisotopic (exact) mass is 363 g/mol. The Bertz CT molecular complexity index is 891. The van der Waals surface area contributed by atoms with Crippen LogP contribution in [0, 0.1) is 24.2 Å². The molecular formula is C17H16F3N5O. The lowest BCUT2D eigenvalue weighted by Gasteiger charge is -2.29. The number of hydrogen-bond acceptors (Lipinski definition) is 5. The van der Waals surface area contributed by atoms with Gasteiger partial charge in [-0.25, -0.2) is 15.0 Å². The van der Waals surface area contributed by atoms with E-state index in [-0.39, 0.29) is 24.6 Å². The van der Waals surface area contributed by atoms with Gasteiger partial charge in [-0.2, -0.15) is 18.4 Å². The standard InChI is InChI=1S/C17H16F3N5O/c1-9-14(11-7-22-13(6-21)23-8-11)16(26)25-15(24-9)10-2-4-12(5-3-10)17(18,19)20/h7-8,10,12H,2-5H2,1H3,(H,24,25,26). The summed E-state index contributed by atoms with van der Waals surface area (Å²) in [5.41, 5.74) is 0.790. The van der Waals surface area contributed by atoms with Gasteiger partial charge in [0.2, 0.25) is 5.82 Å². The van der Waals surface area contributed by atoms with Crippen LogP contribution in [0.5, 0.6) is 0 Å². The minimum absolute atomic E-state index is 0.00571. The second kappa shape index (κ2) is 6.86. The van der Waals surface area contributed by atoms with Crippen molar-refractivity contribution < 1.29 is 13.2 Å². The van der Waals surface area contributed by atoms with E-state index in [2.05, 4.69) is 19.9 Å². The zero-order valence-electron chi connectivity index (χ0n) is 14.0. The average Bonchev–Trinajstić information content (AvgIpc) is 2.61. The second-order valence-corrected chi connectivity index (χ2v) is 6.41. The Hall–Kier alpha value is -2.76. The molecule has 0 unspecified atom stereocenters. The quantitative estimate of drug-likeness (QED) is 0.884. The van der Waals surface area contributed by atoms with E-state index in [9.17, 15) is 18.0 Å². The predicted octanol–water partition coefficient (Wildman–Crippen LogP) is 3.24. The number of nitrogens with one attached hydrogen (secondary N) is 1. The molecule has 136 valence electrons. The van der Waals surface area contributed by atoms with Gasteiger partial charge in [-0.3, -0.25) is 4.79 Å². The zero-order valence-corrected chi connectivity index (χ0v) is 14.0. The van der Waals surface area contributed by atoms with Crippen molar-refractivity contribution in [2.75, 3.05) is 0 Å². The van der Waals surface area contributed by atoms with E-state index >= 15 is 0 Å². The molecule has 1 fully saturated rings. The molecule has 0 saturated heterocycles. The van der Waals surface area contributed by atoms with E-state index in [0.717, 1.165) is 0 Å². The second-order valence-electron chi connectivity index (χ2n) is 6.41. The first-order valence-corrected chi connectivity index (χ1v) is 8.19. The van der Waals surface area contributed by atoms with E-state index in [1.807, 2.05) is 0 Å². The van der Waals surface area contributed by atoms with Crippen molar-refractivity contribution in [3.05, 3.63) is 40.1 Å². The van der Waals surface area contributed by atoms with Crippen molar-refractivity contribution in [1.82, 2.24) is 19.9 Å². The summed E-state index contributed by atoms with van der Waals surface area (Å²) in [6.45, 7) is 1.66. The van der Waals surface area contributed by atoms with Crippen LogP contribution in [0.25, 0.3) is 11.1 Å². The molecule has 1 N–H and O–H groups in total. The normalized spacial score (nSPS) is 20.6. The smallest absolute Gasteiger partial charge is 0.310 e. The number of nitrogens with zero attached hydrogens (tertiary/aromatic N) is 4. The summed E-state index contributed by atoms with van der Waals surface area (Å²) >= 11 is 0. The fraction of sp³-hybridized carbons (Fsp3) is 0.471. The molecule has 2 aromatic heterocycles. The molecule has 2 heterocycles. The van der Waals surface area contributed by atoms with Crippen molar-refractivity contribution in [3.63, 3.8) is 0 Å². The molecule has 0 spiro atoms. The Kier molecular flexibility index (Phi) is 4.76. The van der Waals surface area contributed by atoms with Gasteiger partial charge < -0.3 is 4.98 Å². The number of hydrogen-bond donors (Lipinski definition) is 1. The minimum atomic E-state index is -4.17. The number of rotatable bonds is 2. The van der Waals surface area contributed by atoms with E-state index in [1.165, 1.54) is 12.4 Å². The van der Waals surface area contributed by atoms with Crippen molar-refractivity contribution in [1.29, 1.82) is 5.26 Å². The minimum Gasteiger partial charge on any atom is -0.310 e. The first-order chi connectivity index (χ1) is 12.3. The van der Waals surface area contributed by atoms with Crippen LogP contribution >= 0.6 is 0 Å². The Morgan fingerprint density at radius 2 is 1.81 bits per heavy atom. The summed E-state index contributed by atoms with van der Waals surface area (Å²) in [6, 6.07) is 1.80. The van der Waals surface area contributed by atoms with Crippen LogP contribution in [-0.2, 0) is 0 Å². The number of H-pyrrole nitrogens is 1. The summed E-state index contributed by atoms with van der Waals surface area (Å²) in [4.78, 5) is 27.3. The number of nitriles is 1. The summed E-state index contributed by atoms with van der Waals surface area (Å²) in [5.74, 6) is -1.05. The molecule has 0 amide bonds. The third-order valence-corrected chi connectivity index (χ3v) is 4.74. The summed E-state index contributed by atoms with van der Waals surface area (Å²) < 4.78 is 38.4. The predicted molar refractivity (Wildman–Crippen MR) is 86.1 cm³/mol. The maximum atomic E-state index is 12.8. The van der Waals surface area contributed by atoms with Crippen LogP contribution in [-0.4, -0.2) is 26.1 Å². The first-order valence-electron chi connectivity index (χ1n) is 8.19. The van der Waals surface area contributed by atoms with Gasteiger partial charge in [0.1, 0.15) is 11.9 Å². The van der Waals surface area contributed by atoms with Crippen molar-refractivity contribution in [2.45, 2.75) is 44.7 Å². The van der Waals surface area contributed by atoms with Gasteiger partial charge in [-0.15, -0.1) is 0 Å². The lowest BCUT2D eigenvalue weighted by molar-refractivity contribution is -0.182. The maximum Gasteiger partial charge on any atom is 0.391 e. The lowest BCUT2D eigenvalue weighted by Crippen LogP contribution is -2.28. The highest BCUT2D eigenvalue weighted by molar-refractivity contribution is 5.62. The molecule has 1 aliphatic carbocycles. The summed E-state index contributed by atoms with van der Waals surface area (Å²) in [5, 5.41) is 8.73. The van der Waals surface area contributed by atoms with Crippen LogP contribution in [0.1, 0.15) is 48.9 Å². The SMILES string of the molecule is Cc1nc(C2CCC(C(F)(F)F)CC2)[nH]c(=O)c1-c1cnc(C#N)nc1. The maximum absolute atomic E-state index is 12.8. The molecule has 0 atom stereocenters. The summed E-state index contributed by atoms with van der Waals surface area (Å²) in [7, 11) is 0. The molecule has 0 aliphatic heterocycles. The van der Waals surface area contributed by atoms with Crippen LogP contribution < -0.4 is 5.56 Å². The first kappa shape index (κ1) is 18.0. The van der Waals surface area contributed by atoms with E-state index < -0.39 is 17.7 Å². The molecule has 1 aliphatic rings.